The number of allylic oxidation sites excluding steroid dienone is 28. The van der Waals surface area contributed by atoms with E-state index in [1.54, 1.807) is 0 Å². The van der Waals surface area contributed by atoms with E-state index in [2.05, 4.69) is 180 Å². The molecule has 0 spiro atoms. The highest BCUT2D eigenvalue weighted by Crippen LogP contribution is 2.45. The number of unbranched alkanes of at least 4 members (excludes halogenated alkanes) is 26. The lowest BCUT2D eigenvalue weighted by Crippen LogP contribution is -2.30. The van der Waals surface area contributed by atoms with Crippen molar-refractivity contribution < 1.29 is 80.2 Å². The van der Waals surface area contributed by atoms with Crippen molar-refractivity contribution >= 4 is 39.5 Å². The fraction of sp³-hybridized carbons (Fsp3) is 0.656. The second kappa shape index (κ2) is 83.4. The number of phosphoric ester groups is 2. The van der Waals surface area contributed by atoms with Crippen molar-refractivity contribution in [1.29, 1.82) is 0 Å². The molecule has 5 unspecified atom stereocenters. The normalized spacial score (nSPS) is 14.6. The van der Waals surface area contributed by atoms with Gasteiger partial charge in [0.05, 0.1) is 26.4 Å². The average molecular weight is 1610 g/mol. The van der Waals surface area contributed by atoms with E-state index < -0.39 is 97.5 Å². The number of carbonyl (C=O) groups excluding carboxylic acids is 4. The number of carbonyl (C=O) groups is 4. The Morgan fingerprint density at radius 3 is 0.795 bits per heavy atom. The Hall–Kier alpha value is -5.58. The van der Waals surface area contributed by atoms with E-state index in [4.69, 9.17) is 37.0 Å². The molecule has 0 aromatic heterocycles. The zero-order chi connectivity index (χ0) is 81.7. The molecule has 0 saturated heterocycles. The summed E-state index contributed by atoms with van der Waals surface area (Å²) < 4.78 is 68.8. The van der Waals surface area contributed by atoms with E-state index in [0.717, 1.165) is 193 Å². The molecule has 0 fully saturated rings. The Kier molecular flexibility index (Phi) is 79.2. The Labute approximate surface area is 680 Å². The van der Waals surface area contributed by atoms with Crippen LogP contribution >= 0.6 is 15.6 Å². The van der Waals surface area contributed by atoms with Crippen LogP contribution in [0.4, 0.5) is 0 Å². The van der Waals surface area contributed by atoms with Crippen LogP contribution in [0.25, 0.3) is 0 Å². The minimum atomic E-state index is -5.01. The number of esters is 4. The van der Waals surface area contributed by atoms with Gasteiger partial charge in [-0.05, 0) is 167 Å². The van der Waals surface area contributed by atoms with Gasteiger partial charge in [-0.2, -0.15) is 0 Å². The van der Waals surface area contributed by atoms with Crippen molar-refractivity contribution in [2.75, 3.05) is 39.6 Å². The van der Waals surface area contributed by atoms with Crippen molar-refractivity contribution in [3.05, 3.63) is 170 Å². The van der Waals surface area contributed by atoms with Crippen LogP contribution in [-0.2, 0) is 65.4 Å². The SMILES string of the molecule is CC/C=C\C/C=C\C/C=C\C/C=C\C/C=C\C/C=C\CCC(=O)OCC(COP(=O)(O)OCC(O)COP(=O)(O)OCC(COC(=O)CCCCCCCC/C=C\C/C=C\C/C=C\C/C=C\CC)OC(=O)CCCCCCCC/C=C\C/C=C\C/C=C\CCCCC)OC(=O)CCCCCCC/C=C\CCCCCCCC. The third-order valence-corrected chi connectivity index (χ3v) is 19.6. The molecule has 17 nitrogen and oxygen atoms in total. The summed E-state index contributed by atoms with van der Waals surface area (Å²) in [4.78, 5) is 73.3. The molecule has 0 aliphatic rings. The van der Waals surface area contributed by atoms with Gasteiger partial charge in [0, 0.05) is 25.7 Å². The smallest absolute Gasteiger partial charge is 0.462 e. The first kappa shape index (κ1) is 106. The molecule has 0 rings (SSSR count). The molecule has 112 heavy (non-hydrogen) atoms. The second-order valence-electron chi connectivity index (χ2n) is 28.4. The van der Waals surface area contributed by atoms with Crippen molar-refractivity contribution in [3.8, 4) is 0 Å². The summed E-state index contributed by atoms with van der Waals surface area (Å²) in [5.41, 5.74) is 0. The summed E-state index contributed by atoms with van der Waals surface area (Å²) in [5.74, 6) is -2.31. The van der Waals surface area contributed by atoms with Gasteiger partial charge in [-0.15, -0.1) is 0 Å². The van der Waals surface area contributed by atoms with Crippen molar-refractivity contribution in [2.24, 2.45) is 0 Å². The first-order valence-electron chi connectivity index (χ1n) is 43.4. The first-order chi connectivity index (χ1) is 54.7. The van der Waals surface area contributed by atoms with Crippen LogP contribution in [0, 0.1) is 0 Å². The van der Waals surface area contributed by atoms with Crippen molar-refractivity contribution in [3.63, 3.8) is 0 Å². The summed E-state index contributed by atoms with van der Waals surface area (Å²) in [5, 5.41) is 10.7. The van der Waals surface area contributed by atoms with Crippen LogP contribution in [0.3, 0.4) is 0 Å². The Morgan fingerprint density at radius 1 is 0.259 bits per heavy atom. The molecule has 0 heterocycles. The molecule has 0 bridgehead atoms. The van der Waals surface area contributed by atoms with Crippen LogP contribution < -0.4 is 0 Å². The topological polar surface area (TPSA) is 237 Å². The molecule has 0 aromatic rings. The van der Waals surface area contributed by atoms with Crippen LogP contribution in [0.2, 0.25) is 0 Å². The molecule has 0 radical (unpaired) electrons. The van der Waals surface area contributed by atoms with E-state index in [1.165, 1.54) is 57.8 Å². The van der Waals surface area contributed by atoms with Gasteiger partial charge in [0.25, 0.3) is 0 Å². The van der Waals surface area contributed by atoms with Crippen LogP contribution in [0.1, 0.15) is 336 Å². The van der Waals surface area contributed by atoms with Crippen molar-refractivity contribution in [2.45, 2.75) is 354 Å². The molecule has 638 valence electrons. The summed E-state index contributed by atoms with van der Waals surface area (Å²) in [6.07, 6.45) is 100. The van der Waals surface area contributed by atoms with Gasteiger partial charge in [0.2, 0.25) is 0 Å². The number of hydrogen-bond donors (Lipinski definition) is 3. The van der Waals surface area contributed by atoms with E-state index in [1.807, 2.05) is 18.2 Å². The molecule has 5 atom stereocenters. The van der Waals surface area contributed by atoms with E-state index in [0.29, 0.717) is 32.1 Å². The second-order valence-corrected chi connectivity index (χ2v) is 31.3. The Morgan fingerprint density at radius 2 is 0.482 bits per heavy atom. The summed E-state index contributed by atoms with van der Waals surface area (Å²) >= 11 is 0. The zero-order valence-electron chi connectivity index (χ0n) is 70.0. The van der Waals surface area contributed by atoms with Gasteiger partial charge in [-0.25, -0.2) is 9.13 Å². The number of rotatable bonds is 80. The monoisotopic (exact) mass is 1610 g/mol. The van der Waals surface area contributed by atoms with Gasteiger partial charge in [-0.1, -0.05) is 313 Å². The van der Waals surface area contributed by atoms with E-state index in [-0.39, 0.29) is 25.7 Å². The number of aliphatic hydroxyl groups is 1. The van der Waals surface area contributed by atoms with Crippen molar-refractivity contribution in [1.82, 2.24) is 0 Å². The Bertz CT molecular complexity index is 2790. The lowest BCUT2D eigenvalue weighted by molar-refractivity contribution is -0.161. The number of hydrogen-bond acceptors (Lipinski definition) is 15. The molecule has 0 aromatic carbocycles. The molecular weight excluding hydrogens is 1450 g/mol. The highest BCUT2D eigenvalue weighted by molar-refractivity contribution is 7.47. The first-order valence-corrected chi connectivity index (χ1v) is 46.4. The quantitative estimate of drug-likeness (QED) is 0.0169. The lowest BCUT2D eigenvalue weighted by atomic mass is 10.1. The Balaban J connectivity index is 5.48. The van der Waals surface area contributed by atoms with Gasteiger partial charge in [-0.3, -0.25) is 37.3 Å². The third kappa shape index (κ3) is 82.4. The van der Waals surface area contributed by atoms with Crippen LogP contribution in [0.5, 0.6) is 0 Å². The molecule has 0 aliphatic heterocycles. The zero-order valence-corrected chi connectivity index (χ0v) is 71.8. The lowest BCUT2D eigenvalue weighted by Gasteiger charge is -2.21. The van der Waals surface area contributed by atoms with Gasteiger partial charge < -0.3 is 33.8 Å². The minimum absolute atomic E-state index is 0.0299. The summed E-state index contributed by atoms with van der Waals surface area (Å²) in [7, 11) is -10.0. The maximum Gasteiger partial charge on any atom is 0.472 e. The predicted molar refractivity (Wildman–Crippen MR) is 463 cm³/mol. The van der Waals surface area contributed by atoms with Crippen LogP contribution in [-0.4, -0.2) is 96.7 Å². The largest absolute Gasteiger partial charge is 0.472 e. The highest BCUT2D eigenvalue weighted by atomic mass is 31.2. The maximum atomic E-state index is 13.2. The molecular formula is C93H154O17P2. The van der Waals surface area contributed by atoms with E-state index >= 15 is 0 Å². The number of aliphatic hydroxyl groups excluding tert-OH is 1. The van der Waals surface area contributed by atoms with Gasteiger partial charge in [0.1, 0.15) is 19.3 Å². The fourth-order valence-corrected chi connectivity index (χ4v) is 12.7. The maximum absolute atomic E-state index is 13.2. The number of ether oxygens (including phenoxy) is 4. The molecule has 0 amide bonds. The van der Waals surface area contributed by atoms with Gasteiger partial charge in [0.15, 0.2) is 12.2 Å². The standard InChI is InChI=1S/C93H154O17P2/c1-5-9-13-17-21-25-29-33-37-40-43-46-50-53-57-61-65-69-73-77-90(95)103-83-88(109-92(97)79-75-71-67-63-59-55-49-36-32-28-24-20-16-12-8-4)85-107-111(99,100)105-81-87(94)82-106-112(101,102)108-86-89(110-93(98)80-76-72-68-64-60-56-52-48-45-42-39-35-31-27-23-19-15-11-7-3)84-104-91(96)78-74-70-66-62-58-54-51-47-44-41-38-34-30-26-22-18-14-10-6-2/h9-10,13-14,21-23,25-27,33-39,43-49,53,57,65,69,87-89,94H,5-8,11-12,15-20,24,28-32,40-42,50-52,54-56,58-64,66-68,70-86H2,1-4H3,(H,99,100)(H,101,102)/b13-9-,14-10-,25-21-,26-22-,27-23-,37-33-,38-34-,39-35-,46-43-,47-44-,48-45-,49-36-,57-53-,69-65-. The molecule has 3 N–H and O–H groups in total. The van der Waals surface area contributed by atoms with E-state index in [9.17, 15) is 43.2 Å². The summed E-state index contributed by atoms with van der Waals surface area (Å²) in [6.45, 7) is 4.52. The van der Waals surface area contributed by atoms with Gasteiger partial charge >= 0.3 is 39.5 Å². The predicted octanol–water partition coefficient (Wildman–Crippen LogP) is 26.1. The molecule has 0 aliphatic carbocycles. The summed E-state index contributed by atoms with van der Waals surface area (Å²) in [6, 6.07) is 0. The number of phosphoric acid groups is 2. The molecule has 0 saturated carbocycles. The minimum Gasteiger partial charge on any atom is -0.462 e. The fourth-order valence-electron chi connectivity index (χ4n) is 11.1. The average Bonchev–Trinajstić information content (AvgIpc) is 0.898. The van der Waals surface area contributed by atoms with Crippen LogP contribution in [0.15, 0.2) is 170 Å². The highest BCUT2D eigenvalue weighted by Gasteiger charge is 2.30. The third-order valence-electron chi connectivity index (χ3n) is 17.7. The molecule has 19 heteroatoms.